The van der Waals surface area contributed by atoms with E-state index in [-0.39, 0.29) is 31.1 Å². The highest BCUT2D eigenvalue weighted by Crippen LogP contribution is 2.18. The number of carbonyl (C=O) groups excluding carboxylic acids is 3. The van der Waals surface area contributed by atoms with Gasteiger partial charge in [-0.1, -0.05) is 344 Å². The molecule has 1 atom stereocenters. The Kier molecular flexibility index (Phi) is 68.6. The fourth-order valence-electron chi connectivity index (χ4n) is 10.8. The maximum Gasteiger partial charge on any atom is 0.306 e. The van der Waals surface area contributed by atoms with Crippen LogP contribution in [-0.2, 0) is 28.6 Å². The third-order valence-electron chi connectivity index (χ3n) is 16.2. The normalized spacial score (nSPS) is 12.5. The zero-order chi connectivity index (χ0) is 59.9. The smallest absolute Gasteiger partial charge is 0.306 e. The molecule has 0 N–H and O–H groups in total. The van der Waals surface area contributed by atoms with Gasteiger partial charge in [0.15, 0.2) is 6.10 Å². The fraction of sp³-hybridized carbons (Fsp3) is 0.805. The van der Waals surface area contributed by atoms with E-state index in [9.17, 15) is 14.4 Å². The minimum absolute atomic E-state index is 0.0709. The standard InChI is InChI=1S/C77H138O6/c1-4-7-10-13-16-19-22-25-28-30-32-34-36-38-40-42-44-46-49-52-55-58-61-64-67-70-76(79)82-73-74(72-81-75(78)69-66-63-60-57-54-51-48-27-24-21-18-15-12-9-6-3)83-77(80)71-68-65-62-59-56-53-50-47-45-43-41-39-37-35-33-31-29-26-23-20-17-14-11-8-5-2/h7,10,16,19,23,25-26,28,31-34,74H,4-6,8-9,11-15,17-18,20-22,24,27,29-30,35-73H2,1-3H3/b10-7-,19-16-,26-23-,28-25-,33-31-,34-32-. The van der Waals surface area contributed by atoms with E-state index >= 15 is 0 Å². The van der Waals surface area contributed by atoms with Gasteiger partial charge >= 0.3 is 17.9 Å². The molecule has 83 heavy (non-hydrogen) atoms. The number of ether oxygens (including phenoxy) is 3. The van der Waals surface area contributed by atoms with Crippen molar-refractivity contribution in [2.24, 2.45) is 0 Å². The molecule has 0 heterocycles. The van der Waals surface area contributed by atoms with E-state index in [0.717, 1.165) is 89.9 Å². The van der Waals surface area contributed by atoms with E-state index in [4.69, 9.17) is 14.2 Å². The van der Waals surface area contributed by atoms with E-state index in [1.807, 2.05) is 0 Å². The molecule has 0 radical (unpaired) electrons. The molecule has 0 aromatic rings. The predicted molar refractivity (Wildman–Crippen MR) is 362 cm³/mol. The second-order valence-electron chi connectivity index (χ2n) is 24.5. The van der Waals surface area contributed by atoms with Crippen LogP contribution in [0.25, 0.3) is 0 Å². The van der Waals surface area contributed by atoms with Gasteiger partial charge in [0.1, 0.15) is 13.2 Å². The zero-order valence-corrected chi connectivity index (χ0v) is 55.5. The molecular formula is C77H138O6. The molecule has 0 amide bonds. The first kappa shape index (κ1) is 79.8. The lowest BCUT2D eigenvalue weighted by Crippen LogP contribution is -2.30. The SMILES string of the molecule is CC/C=C\C/C=C\C/C=C\C/C=C\CCCCCCCCCCCCCCC(=O)OCC(COC(=O)CCCCCCCCCCCCCCCCC)OC(=O)CCCCCCCCCCCCCCC/C=C\C/C=C\CCCCCCC. The van der Waals surface area contributed by atoms with Crippen LogP contribution in [0.5, 0.6) is 0 Å². The van der Waals surface area contributed by atoms with Crippen molar-refractivity contribution in [1.82, 2.24) is 0 Å². The number of allylic oxidation sites excluding steroid dienone is 12. The van der Waals surface area contributed by atoms with Gasteiger partial charge in [-0.2, -0.15) is 0 Å². The highest BCUT2D eigenvalue weighted by Gasteiger charge is 2.19. The van der Waals surface area contributed by atoms with Crippen molar-refractivity contribution < 1.29 is 28.6 Å². The summed E-state index contributed by atoms with van der Waals surface area (Å²) in [6.07, 6.45) is 93.6. The fourth-order valence-corrected chi connectivity index (χ4v) is 10.8. The van der Waals surface area contributed by atoms with Gasteiger partial charge < -0.3 is 14.2 Å². The van der Waals surface area contributed by atoms with Crippen molar-refractivity contribution in [3.63, 3.8) is 0 Å². The van der Waals surface area contributed by atoms with Crippen LogP contribution in [0.1, 0.15) is 380 Å². The Balaban J connectivity index is 4.29. The van der Waals surface area contributed by atoms with E-state index in [2.05, 4.69) is 93.7 Å². The first-order valence-corrected chi connectivity index (χ1v) is 36.4. The van der Waals surface area contributed by atoms with Gasteiger partial charge in [-0.3, -0.25) is 14.4 Å². The van der Waals surface area contributed by atoms with Crippen molar-refractivity contribution in [1.29, 1.82) is 0 Å². The summed E-state index contributed by atoms with van der Waals surface area (Å²) in [6.45, 7) is 6.58. The molecule has 0 aliphatic carbocycles. The Morgan fingerprint density at radius 3 is 0.735 bits per heavy atom. The van der Waals surface area contributed by atoms with Crippen LogP contribution in [-0.4, -0.2) is 37.2 Å². The molecule has 1 unspecified atom stereocenters. The third kappa shape index (κ3) is 69.5. The van der Waals surface area contributed by atoms with Crippen LogP contribution in [0, 0.1) is 0 Å². The summed E-state index contributed by atoms with van der Waals surface area (Å²) in [6, 6.07) is 0. The molecule has 6 nitrogen and oxygen atoms in total. The largest absolute Gasteiger partial charge is 0.462 e. The minimum atomic E-state index is -0.776. The molecule has 0 aromatic heterocycles. The highest BCUT2D eigenvalue weighted by atomic mass is 16.6. The molecule has 0 bridgehead atoms. The molecule has 0 saturated heterocycles. The summed E-state index contributed by atoms with van der Waals surface area (Å²) >= 11 is 0. The molecule has 0 aromatic carbocycles. The Morgan fingerprint density at radius 1 is 0.253 bits per heavy atom. The summed E-state index contributed by atoms with van der Waals surface area (Å²) in [4.78, 5) is 38.5. The number of carbonyl (C=O) groups is 3. The Hall–Kier alpha value is -3.15. The van der Waals surface area contributed by atoms with Crippen molar-refractivity contribution in [3.8, 4) is 0 Å². The Bertz CT molecular complexity index is 1520. The summed E-state index contributed by atoms with van der Waals surface area (Å²) in [5.41, 5.74) is 0. The highest BCUT2D eigenvalue weighted by molar-refractivity contribution is 5.71. The molecule has 0 aliphatic heterocycles. The third-order valence-corrected chi connectivity index (χ3v) is 16.2. The van der Waals surface area contributed by atoms with Gasteiger partial charge in [-0.25, -0.2) is 0 Å². The Morgan fingerprint density at radius 2 is 0.470 bits per heavy atom. The molecule has 0 saturated carbocycles. The van der Waals surface area contributed by atoms with E-state index in [1.54, 1.807) is 0 Å². The average Bonchev–Trinajstić information content (AvgIpc) is 3.49. The molecule has 0 aliphatic rings. The van der Waals surface area contributed by atoms with E-state index in [1.165, 1.54) is 250 Å². The molecular weight excluding hydrogens is 1020 g/mol. The molecule has 0 spiro atoms. The lowest BCUT2D eigenvalue weighted by atomic mass is 10.0. The zero-order valence-electron chi connectivity index (χ0n) is 55.5. The maximum absolute atomic E-state index is 13.0. The first-order valence-electron chi connectivity index (χ1n) is 36.4. The molecule has 6 heteroatoms. The van der Waals surface area contributed by atoms with Crippen LogP contribution in [0.2, 0.25) is 0 Å². The van der Waals surface area contributed by atoms with Crippen LogP contribution in [0.15, 0.2) is 72.9 Å². The van der Waals surface area contributed by atoms with E-state index < -0.39 is 6.10 Å². The summed E-state index contributed by atoms with van der Waals surface area (Å²) in [7, 11) is 0. The molecule has 482 valence electrons. The van der Waals surface area contributed by atoms with Gasteiger partial charge in [0.2, 0.25) is 0 Å². The van der Waals surface area contributed by atoms with E-state index in [0.29, 0.717) is 19.3 Å². The number of rotatable bonds is 67. The van der Waals surface area contributed by atoms with Crippen molar-refractivity contribution in [2.45, 2.75) is 386 Å². The van der Waals surface area contributed by atoms with Gasteiger partial charge in [-0.15, -0.1) is 0 Å². The summed E-state index contributed by atoms with van der Waals surface area (Å²) in [5.74, 6) is -0.848. The topological polar surface area (TPSA) is 78.9 Å². The summed E-state index contributed by atoms with van der Waals surface area (Å²) in [5, 5.41) is 0. The second kappa shape index (κ2) is 71.3. The van der Waals surface area contributed by atoms with Gasteiger partial charge in [0, 0.05) is 19.3 Å². The maximum atomic E-state index is 13.0. The average molecular weight is 1160 g/mol. The van der Waals surface area contributed by atoms with Crippen LogP contribution >= 0.6 is 0 Å². The molecule has 0 fully saturated rings. The minimum Gasteiger partial charge on any atom is -0.462 e. The van der Waals surface area contributed by atoms with Crippen molar-refractivity contribution in [2.75, 3.05) is 13.2 Å². The molecule has 0 rings (SSSR count). The predicted octanol–water partition coefficient (Wildman–Crippen LogP) is 25.2. The van der Waals surface area contributed by atoms with Crippen LogP contribution in [0.4, 0.5) is 0 Å². The lowest BCUT2D eigenvalue weighted by molar-refractivity contribution is -0.167. The number of hydrogen-bond donors (Lipinski definition) is 0. The first-order chi connectivity index (χ1) is 41.0. The Labute approximate surface area is 516 Å². The van der Waals surface area contributed by atoms with Crippen molar-refractivity contribution >= 4 is 17.9 Å². The quantitative estimate of drug-likeness (QED) is 0.0261. The van der Waals surface area contributed by atoms with Crippen LogP contribution < -0.4 is 0 Å². The van der Waals surface area contributed by atoms with Gasteiger partial charge in [-0.05, 0) is 89.9 Å². The van der Waals surface area contributed by atoms with Gasteiger partial charge in [0.05, 0.1) is 0 Å². The summed E-state index contributed by atoms with van der Waals surface area (Å²) < 4.78 is 17.0. The van der Waals surface area contributed by atoms with Gasteiger partial charge in [0.25, 0.3) is 0 Å². The number of esters is 3. The van der Waals surface area contributed by atoms with Crippen molar-refractivity contribution in [3.05, 3.63) is 72.9 Å². The second-order valence-corrected chi connectivity index (χ2v) is 24.5. The van der Waals surface area contributed by atoms with Crippen LogP contribution in [0.3, 0.4) is 0 Å². The lowest BCUT2D eigenvalue weighted by Gasteiger charge is -2.18. The monoisotopic (exact) mass is 1160 g/mol. The number of hydrogen-bond acceptors (Lipinski definition) is 6. The number of unbranched alkanes of at least 4 members (excludes halogenated alkanes) is 44.